The van der Waals surface area contributed by atoms with Crippen LogP contribution >= 0.6 is 0 Å². The molecule has 0 amide bonds. The van der Waals surface area contributed by atoms with Crippen molar-refractivity contribution in [2.75, 3.05) is 0 Å². The Labute approximate surface area is 212 Å². The first-order chi connectivity index (χ1) is 16.1. The van der Waals surface area contributed by atoms with Gasteiger partial charge >= 0.3 is 23.1 Å². The minimum Gasteiger partial charge on any atom is -0.506 e. The Morgan fingerprint density at radius 2 is 0.647 bits per heavy atom. The van der Waals surface area contributed by atoms with Gasteiger partial charge in [-0.05, 0) is 36.4 Å². The van der Waals surface area contributed by atoms with E-state index in [1.807, 2.05) is 54.6 Å². The van der Waals surface area contributed by atoms with Gasteiger partial charge in [-0.2, -0.15) is 0 Å². The van der Waals surface area contributed by atoms with Crippen molar-refractivity contribution in [1.29, 1.82) is 0 Å². The van der Waals surface area contributed by atoms with Gasteiger partial charge in [0.05, 0.1) is 0 Å². The first-order valence-corrected chi connectivity index (χ1v) is 10.2. The molecular formula is C27H21MgN3O3+2. The summed E-state index contributed by atoms with van der Waals surface area (Å²) in [5.74, 6) is 0.717. The van der Waals surface area contributed by atoms with Crippen LogP contribution in [-0.2, 0) is 0 Å². The Morgan fingerprint density at radius 1 is 0.382 bits per heavy atom. The number of nitrogens with zero attached hydrogens (tertiary/aromatic N) is 3. The van der Waals surface area contributed by atoms with E-state index in [0.29, 0.717) is 16.6 Å². The van der Waals surface area contributed by atoms with E-state index in [9.17, 15) is 15.3 Å². The average Bonchev–Trinajstić information content (AvgIpc) is 2.86. The molecule has 0 spiro atoms. The largest absolute Gasteiger partial charge is 2.00 e. The molecular weight excluding hydrogens is 439 g/mol. The zero-order valence-electron chi connectivity index (χ0n) is 18.3. The number of para-hydroxylation sites is 3. The molecule has 162 valence electrons. The van der Waals surface area contributed by atoms with E-state index in [4.69, 9.17) is 0 Å². The first-order valence-electron chi connectivity index (χ1n) is 10.2. The molecule has 0 fully saturated rings. The number of benzene rings is 3. The van der Waals surface area contributed by atoms with Crippen molar-refractivity contribution in [3.05, 3.63) is 110 Å². The molecule has 3 aromatic carbocycles. The summed E-state index contributed by atoms with van der Waals surface area (Å²) >= 11 is 0. The van der Waals surface area contributed by atoms with E-state index in [1.165, 1.54) is 0 Å². The standard InChI is InChI=1S/3C9H7NO.Mg/c3*11-8-5-1-3-7-4-2-6-10-9(7)8;/h3*1-6,11H;/q;;;+2. The van der Waals surface area contributed by atoms with Gasteiger partial charge in [-0.15, -0.1) is 0 Å². The van der Waals surface area contributed by atoms with E-state index in [-0.39, 0.29) is 40.3 Å². The van der Waals surface area contributed by atoms with Crippen molar-refractivity contribution in [3.8, 4) is 17.2 Å². The van der Waals surface area contributed by atoms with E-state index in [2.05, 4.69) is 15.0 Å². The fourth-order valence-electron chi connectivity index (χ4n) is 3.26. The Hall–Kier alpha value is -3.94. The Kier molecular flexibility index (Phi) is 8.56. The predicted molar refractivity (Wildman–Crippen MR) is 136 cm³/mol. The summed E-state index contributed by atoms with van der Waals surface area (Å²) in [4.78, 5) is 12.1. The number of hydrogen-bond donors (Lipinski definition) is 3. The number of aromatic nitrogens is 3. The van der Waals surface area contributed by atoms with Gasteiger partial charge in [-0.25, -0.2) is 0 Å². The second kappa shape index (κ2) is 11.8. The number of hydrogen-bond acceptors (Lipinski definition) is 6. The number of phenolic OH excluding ortho intramolecular Hbond substituents is 3. The zero-order valence-corrected chi connectivity index (χ0v) is 19.7. The summed E-state index contributed by atoms with van der Waals surface area (Å²) in [6.45, 7) is 0. The third-order valence-corrected chi connectivity index (χ3v) is 4.83. The summed E-state index contributed by atoms with van der Waals surface area (Å²) in [6.07, 6.45) is 5.01. The van der Waals surface area contributed by atoms with Gasteiger partial charge in [-0.1, -0.05) is 54.6 Å². The summed E-state index contributed by atoms with van der Waals surface area (Å²) in [5.41, 5.74) is 1.99. The van der Waals surface area contributed by atoms with Crippen LogP contribution < -0.4 is 0 Å². The molecule has 0 aliphatic rings. The summed E-state index contributed by atoms with van der Waals surface area (Å²) in [7, 11) is 0. The van der Waals surface area contributed by atoms with Crippen molar-refractivity contribution in [1.82, 2.24) is 15.0 Å². The molecule has 6 aromatic rings. The van der Waals surface area contributed by atoms with Crippen LogP contribution in [-0.4, -0.2) is 53.3 Å². The molecule has 7 heteroatoms. The molecule has 0 unspecified atom stereocenters. The molecule has 0 aliphatic heterocycles. The summed E-state index contributed by atoms with van der Waals surface area (Å²) < 4.78 is 0. The normalized spacial score (nSPS) is 9.88. The van der Waals surface area contributed by atoms with Crippen LogP contribution in [0.1, 0.15) is 0 Å². The second-order valence-electron chi connectivity index (χ2n) is 7.06. The molecule has 0 bridgehead atoms. The van der Waals surface area contributed by atoms with Crippen molar-refractivity contribution < 1.29 is 15.3 Å². The van der Waals surface area contributed by atoms with E-state index >= 15 is 0 Å². The van der Waals surface area contributed by atoms with Gasteiger partial charge in [-0.3, -0.25) is 15.0 Å². The van der Waals surface area contributed by atoms with Gasteiger partial charge in [0.1, 0.15) is 33.8 Å². The van der Waals surface area contributed by atoms with Crippen LogP contribution in [0.25, 0.3) is 32.7 Å². The molecule has 3 aromatic heterocycles. The monoisotopic (exact) mass is 459 g/mol. The molecule has 0 saturated heterocycles. The van der Waals surface area contributed by atoms with Crippen molar-refractivity contribution in [3.63, 3.8) is 0 Å². The second-order valence-corrected chi connectivity index (χ2v) is 7.06. The molecule has 3 N–H and O–H groups in total. The molecule has 0 saturated carbocycles. The zero-order chi connectivity index (χ0) is 23.0. The average molecular weight is 460 g/mol. The minimum atomic E-state index is 0. The quantitative estimate of drug-likeness (QED) is 0.262. The fourth-order valence-corrected chi connectivity index (χ4v) is 3.26. The Morgan fingerprint density at radius 3 is 0.912 bits per heavy atom. The van der Waals surface area contributed by atoms with Crippen LogP contribution in [0.15, 0.2) is 110 Å². The maximum atomic E-state index is 9.31. The number of fused-ring (bicyclic) bond motifs is 3. The van der Waals surface area contributed by atoms with Crippen molar-refractivity contribution >= 4 is 55.8 Å². The van der Waals surface area contributed by atoms with E-state index in [0.717, 1.165) is 16.2 Å². The van der Waals surface area contributed by atoms with Gasteiger partial charge in [0.15, 0.2) is 0 Å². The molecule has 0 atom stereocenters. The van der Waals surface area contributed by atoms with Gasteiger partial charge < -0.3 is 15.3 Å². The summed E-state index contributed by atoms with van der Waals surface area (Å²) in [5, 5.41) is 30.8. The van der Waals surface area contributed by atoms with Gasteiger partial charge in [0.2, 0.25) is 0 Å². The number of rotatable bonds is 0. The Balaban J connectivity index is 0.000000141. The molecule has 0 aliphatic carbocycles. The van der Waals surface area contributed by atoms with Crippen LogP contribution in [0.2, 0.25) is 0 Å². The fraction of sp³-hybridized carbons (Fsp3) is 0. The third kappa shape index (κ3) is 5.89. The minimum absolute atomic E-state index is 0. The van der Waals surface area contributed by atoms with Crippen LogP contribution in [0.5, 0.6) is 17.2 Å². The van der Waals surface area contributed by atoms with E-state index in [1.54, 1.807) is 55.0 Å². The topological polar surface area (TPSA) is 99.4 Å². The summed E-state index contributed by atoms with van der Waals surface area (Å²) in [6, 6.07) is 27.4. The predicted octanol–water partition coefficient (Wildman–Crippen LogP) is 5.44. The van der Waals surface area contributed by atoms with Gasteiger partial charge in [0.25, 0.3) is 0 Å². The molecule has 34 heavy (non-hydrogen) atoms. The number of pyridine rings is 3. The molecule has 6 rings (SSSR count). The van der Waals surface area contributed by atoms with Crippen molar-refractivity contribution in [2.45, 2.75) is 0 Å². The number of aromatic hydroxyl groups is 3. The Bertz CT molecular complexity index is 1330. The third-order valence-electron chi connectivity index (χ3n) is 4.83. The SMILES string of the molecule is Oc1cccc2cccnc12.Oc1cccc2cccnc12.Oc1cccc2cccnc12.[Mg+2]. The number of phenols is 3. The van der Waals surface area contributed by atoms with Crippen LogP contribution in [0, 0.1) is 0 Å². The van der Waals surface area contributed by atoms with Crippen LogP contribution in [0.4, 0.5) is 0 Å². The van der Waals surface area contributed by atoms with Crippen molar-refractivity contribution in [2.24, 2.45) is 0 Å². The molecule has 3 heterocycles. The molecule has 0 radical (unpaired) electrons. The van der Waals surface area contributed by atoms with Crippen LogP contribution in [0.3, 0.4) is 0 Å². The first kappa shape index (κ1) is 24.7. The molecule has 6 nitrogen and oxygen atoms in total. The van der Waals surface area contributed by atoms with E-state index < -0.39 is 0 Å². The maximum absolute atomic E-state index is 9.31. The maximum Gasteiger partial charge on any atom is 2.00 e. The smallest absolute Gasteiger partial charge is 0.506 e. The van der Waals surface area contributed by atoms with Gasteiger partial charge in [0, 0.05) is 34.7 Å².